The summed E-state index contributed by atoms with van der Waals surface area (Å²) >= 11 is 11.7. The predicted molar refractivity (Wildman–Crippen MR) is 118 cm³/mol. The number of ether oxygens (including phenoxy) is 1. The Hall–Kier alpha value is -2.87. The molecule has 166 valence electrons. The lowest BCUT2D eigenvalue weighted by molar-refractivity contribution is -0.129. The largest absolute Gasteiger partial charge is 0.480 e. The van der Waals surface area contributed by atoms with E-state index < -0.39 is 23.9 Å². The number of nitrogens with zero attached hydrogens (tertiary/aromatic N) is 1. The van der Waals surface area contributed by atoms with Gasteiger partial charge in [0, 0.05) is 34.3 Å². The number of halogens is 3. The molecular formula is C23H19Cl2FN2O4. The molecule has 0 fully saturated rings. The third kappa shape index (κ3) is 4.96. The number of rotatable bonds is 6. The van der Waals surface area contributed by atoms with E-state index in [9.17, 15) is 14.3 Å². The summed E-state index contributed by atoms with van der Waals surface area (Å²) in [6.07, 6.45) is -0.736. The van der Waals surface area contributed by atoms with E-state index in [0.717, 1.165) is 0 Å². The SMILES string of the molecule is C=C(CCc1cc(-c2ccc(Cl)c(F)c2)on1)NC(=O)[C@@H]1C[C@@H](O)c2cc(Cl)ccc2O1. The second-order valence-corrected chi connectivity index (χ2v) is 8.29. The molecule has 32 heavy (non-hydrogen) atoms. The number of carbonyl (C=O) groups is 1. The first-order valence-corrected chi connectivity index (χ1v) is 10.6. The van der Waals surface area contributed by atoms with E-state index in [4.69, 9.17) is 32.5 Å². The highest BCUT2D eigenvalue weighted by atomic mass is 35.5. The van der Waals surface area contributed by atoms with E-state index in [2.05, 4.69) is 17.1 Å². The summed E-state index contributed by atoms with van der Waals surface area (Å²) in [5.41, 5.74) is 2.17. The van der Waals surface area contributed by atoms with Crippen molar-refractivity contribution in [2.75, 3.05) is 0 Å². The van der Waals surface area contributed by atoms with E-state index >= 15 is 0 Å². The molecule has 1 amide bonds. The van der Waals surface area contributed by atoms with Crippen molar-refractivity contribution in [2.24, 2.45) is 0 Å². The molecule has 9 heteroatoms. The zero-order valence-electron chi connectivity index (χ0n) is 16.8. The van der Waals surface area contributed by atoms with Crippen molar-refractivity contribution in [3.63, 3.8) is 0 Å². The van der Waals surface area contributed by atoms with Crippen LogP contribution < -0.4 is 10.1 Å². The van der Waals surface area contributed by atoms with Gasteiger partial charge in [0.15, 0.2) is 11.9 Å². The molecule has 4 rings (SSSR count). The Labute approximate surface area is 193 Å². The van der Waals surface area contributed by atoms with Crippen LogP contribution in [0.15, 0.2) is 59.3 Å². The van der Waals surface area contributed by atoms with Gasteiger partial charge in [0.2, 0.25) is 0 Å². The van der Waals surface area contributed by atoms with Gasteiger partial charge in [-0.15, -0.1) is 0 Å². The van der Waals surface area contributed by atoms with Crippen LogP contribution in [-0.2, 0) is 11.2 Å². The van der Waals surface area contributed by atoms with Crippen molar-refractivity contribution in [2.45, 2.75) is 31.5 Å². The van der Waals surface area contributed by atoms with Gasteiger partial charge < -0.3 is 19.7 Å². The van der Waals surface area contributed by atoms with Gasteiger partial charge in [-0.05, 0) is 49.2 Å². The zero-order chi connectivity index (χ0) is 22.8. The van der Waals surface area contributed by atoms with Crippen molar-refractivity contribution in [3.05, 3.63) is 81.9 Å². The molecule has 0 radical (unpaired) electrons. The number of nitrogens with one attached hydrogen (secondary N) is 1. The molecule has 0 bridgehead atoms. The average Bonchev–Trinajstić information content (AvgIpc) is 3.23. The summed E-state index contributed by atoms with van der Waals surface area (Å²) in [5, 5.41) is 17.5. The lowest BCUT2D eigenvalue weighted by atomic mass is 9.98. The minimum Gasteiger partial charge on any atom is -0.480 e. The van der Waals surface area contributed by atoms with Crippen LogP contribution in [-0.4, -0.2) is 22.3 Å². The van der Waals surface area contributed by atoms with Gasteiger partial charge in [-0.25, -0.2) is 4.39 Å². The number of hydrogen-bond donors (Lipinski definition) is 2. The van der Waals surface area contributed by atoms with E-state index in [0.29, 0.717) is 51.9 Å². The summed E-state index contributed by atoms with van der Waals surface area (Å²) in [7, 11) is 0. The van der Waals surface area contributed by atoms with Crippen LogP contribution >= 0.6 is 23.2 Å². The Balaban J connectivity index is 1.31. The quantitative estimate of drug-likeness (QED) is 0.508. The number of aliphatic hydroxyl groups is 1. The van der Waals surface area contributed by atoms with Gasteiger partial charge in [0.1, 0.15) is 11.6 Å². The molecule has 2 heterocycles. The van der Waals surface area contributed by atoms with Crippen molar-refractivity contribution in [1.29, 1.82) is 0 Å². The second kappa shape index (κ2) is 9.32. The van der Waals surface area contributed by atoms with Gasteiger partial charge in [-0.2, -0.15) is 0 Å². The summed E-state index contributed by atoms with van der Waals surface area (Å²) in [4.78, 5) is 12.6. The van der Waals surface area contributed by atoms with Gasteiger partial charge in [0.05, 0.1) is 16.8 Å². The molecule has 1 aliphatic heterocycles. The number of fused-ring (bicyclic) bond motifs is 1. The Morgan fingerprint density at radius 3 is 2.84 bits per heavy atom. The van der Waals surface area contributed by atoms with Crippen LogP contribution in [0.1, 0.15) is 30.2 Å². The fourth-order valence-electron chi connectivity index (χ4n) is 3.39. The Bertz CT molecular complexity index is 1180. The molecule has 0 unspecified atom stereocenters. The normalized spacial score (nSPS) is 17.4. The van der Waals surface area contributed by atoms with Crippen molar-refractivity contribution in [1.82, 2.24) is 10.5 Å². The fraction of sp³-hybridized carbons (Fsp3) is 0.217. The number of aliphatic hydroxyl groups excluding tert-OH is 1. The van der Waals surface area contributed by atoms with Gasteiger partial charge in [-0.3, -0.25) is 4.79 Å². The first-order valence-electron chi connectivity index (χ1n) is 9.84. The maximum atomic E-state index is 13.6. The van der Waals surface area contributed by atoms with Crippen molar-refractivity contribution >= 4 is 29.1 Å². The van der Waals surface area contributed by atoms with Crippen LogP contribution in [0, 0.1) is 5.82 Å². The molecular weight excluding hydrogens is 458 g/mol. The van der Waals surface area contributed by atoms with Crippen LogP contribution in [0.2, 0.25) is 10.0 Å². The Morgan fingerprint density at radius 1 is 1.25 bits per heavy atom. The van der Waals surface area contributed by atoms with Gasteiger partial charge >= 0.3 is 0 Å². The zero-order valence-corrected chi connectivity index (χ0v) is 18.3. The van der Waals surface area contributed by atoms with Crippen LogP contribution in [0.5, 0.6) is 5.75 Å². The van der Waals surface area contributed by atoms with E-state index in [1.807, 2.05) is 0 Å². The number of aryl methyl sites for hydroxylation is 1. The number of benzene rings is 2. The highest BCUT2D eigenvalue weighted by molar-refractivity contribution is 6.31. The van der Waals surface area contributed by atoms with Crippen molar-refractivity contribution in [3.8, 4) is 17.1 Å². The molecule has 3 aromatic rings. The van der Waals surface area contributed by atoms with Gasteiger partial charge in [-0.1, -0.05) is 34.9 Å². The molecule has 0 spiro atoms. The minimum atomic E-state index is -0.854. The Kier molecular flexibility index (Phi) is 6.50. The molecule has 0 saturated heterocycles. The first kappa shape index (κ1) is 22.3. The molecule has 2 aromatic carbocycles. The van der Waals surface area contributed by atoms with Crippen LogP contribution in [0.4, 0.5) is 4.39 Å². The van der Waals surface area contributed by atoms with E-state index in [1.54, 1.807) is 30.3 Å². The molecule has 2 atom stereocenters. The predicted octanol–water partition coefficient (Wildman–Crippen LogP) is 5.23. The second-order valence-electron chi connectivity index (χ2n) is 7.44. The summed E-state index contributed by atoms with van der Waals surface area (Å²) in [6, 6.07) is 10.9. The van der Waals surface area contributed by atoms with Crippen LogP contribution in [0.25, 0.3) is 11.3 Å². The van der Waals surface area contributed by atoms with Gasteiger partial charge in [0.25, 0.3) is 5.91 Å². The fourth-order valence-corrected chi connectivity index (χ4v) is 3.69. The number of aromatic nitrogens is 1. The number of amides is 1. The summed E-state index contributed by atoms with van der Waals surface area (Å²) in [6.45, 7) is 3.88. The molecule has 6 nitrogen and oxygen atoms in total. The highest BCUT2D eigenvalue weighted by Crippen LogP contribution is 2.36. The van der Waals surface area contributed by atoms with Crippen molar-refractivity contribution < 1.29 is 23.6 Å². The maximum Gasteiger partial charge on any atom is 0.265 e. The lowest BCUT2D eigenvalue weighted by Gasteiger charge is -2.29. The van der Waals surface area contributed by atoms with Crippen LogP contribution in [0.3, 0.4) is 0 Å². The third-order valence-corrected chi connectivity index (χ3v) is 5.62. The highest BCUT2D eigenvalue weighted by Gasteiger charge is 2.32. The molecule has 2 N–H and O–H groups in total. The molecule has 1 aliphatic rings. The maximum absolute atomic E-state index is 13.6. The number of carbonyl (C=O) groups excluding carboxylic acids is 1. The first-order chi connectivity index (χ1) is 15.3. The smallest absolute Gasteiger partial charge is 0.265 e. The lowest BCUT2D eigenvalue weighted by Crippen LogP contribution is -2.41. The minimum absolute atomic E-state index is 0.0299. The van der Waals surface area contributed by atoms with E-state index in [-0.39, 0.29) is 11.4 Å². The number of hydrogen-bond acceptors (Lipinski definition) is 5. The monoisotopic (exact) mass is 476 g/mol. The summed E-state index contributed by atoms with van der Waals surface area (Å²) in [5.74, 6) is -0.104. The Morgan fingerprint density at radius 2 is 2.06 bits per heavy atom. The molecule has 0 saturated carbocycles. The molecule has 1 aromatic heterocycles. The molecule has 0 aliphatic carbocycles. The third-order valence-electron chi connectivity index (χ3n) is 5.08. The number of allylic oxidation sites excluding steroid dienone is 1. The summed E-state index contributed by atoms with van der Waals surface area (Å²) < 4.78 is 24.6. The topological polar surface area (TPSA) is 84.6 Å². The standard InChI is InChI=1S/C23H19Cl2FN2O4/c1-12(2-5-15-10-21(32-28-15)13-3-6-17(25)18(26)8-13)27-23(30)22-11-19(29)16-9-14(24)4-7-20(16)31-22/h3-4,6-10,19,22,29H,1-2,5,11H2,(H,27,30)/t19-,22+/m1/s1. The average molecular weight is 477 g/mol. The van der Waals surface area contributed by atoms with E-state index in [1.165, 1.54) is 12.1 Å².